The number of anilines is 2. The average molecular weight is 406 g/mol. The van der Waals surface area contributed by atoms with E-state index in [-0.39, 0.29) is 5.69 Å². The Morgan fingerprint density at radius 2 is 1.47 bits per heavy atom. The van der Waals surface area contributed by atoms with Crippen LogP contribution in [0.4, 0.5) is 20.2 Å². The third-order valence-corrected chi connectivity index (χ3v) is 5.40. The second-order valence-electron chi connectivity index (χ2n) is 7.20. The Labute approximate surface area is 171 Å². The quantitative estimate of drug-likeness (QED) is 0.617. The molecule has 0 saturated carbocycles. The highest BCUT2D eigenvalue weighted by atomic mass is 19.1. The van der Waals surface area contributed by atoms with Crippen LogP contribution in [0.2, 0.25) is 0 Å². The highest BCUT2D eigenvalue weighted by Gasteiger charge is 2.60. The molecule has 5 nitrogen and oxygen atoms in total. The molecule has 0 radical (unpaired) electrons. The first-order chi connectivity index (χ1) is 14.5. The maximum Gasteiger partial charge on any atom is 0.266 e. The number of amides is 2. The lowest BCUT2D eigenvalue weighted by Crippen LogP contribution is -2.37. The van der Waals surface area contributed by atoms with Crippen LogP contribution < -0.4 is 9.96 Å². The summed E-state index contributed by atoms with van der Waals surface area (Å²) in [6.07, 6.45) is -1.06. The number of hydroxylamine groups is 1. The van der Waals surface area contributed by atoms with E-state index in [2.05, 4.69) is 0 Å². The van der Waals surface area contributed by atoms with E-state index in [1.807, 2.05) is 18.2 Å². The Bertz CT molecular complexity index is 1120. The summed E-state index contributed by atoms with van der Waals surface area (Å²) in [5, 5.41) is 1.50. The van der Waals surface area contributed by atoms with Gasteiger partial charge in [-0.2, -0.15) is 0 Å². The van der Waals surface area contributed by atoms with Gasteiger partial charge in [-0.25, -0.2) is 18.7 Å². The lowest BCUT2D eigenvalue weighted by Gasteiger charge is -2.28. The molecule has 0 bridgehead atoms. The predicted molar refractivity (Wildman–Crippen MR) is 105 cm³/mol. The van der Waals surface area contributed by atoms with Crippen LogP contribution in [-0.2, 0) is 14.4 Å². The van der Waals surface area contributed by atoms with E-state index >= 15 is 0 Å². The Hall–Kier alpha value is -3.58. The molecule has 2 heterocycles. The molecule has 2 aliphatic rings. The minimum absolute atomic E-state index is 0.272. The Kier molecular flexibility index (Phi) is 4.33. The fourth-order valence-corrected chi connectivity index (χ4v) is 4.09. The second kappa shape index (κ2) is 7.03. The van der Waals surface area contributed by atoms with Crippen molar-refractivity contribution in [1.82, 2.24) is 0 Å². The van der Waals surface area contributed by atoms with Crippen molar-refractivity contribution in [2.24, 2.45) is 5.92 Å². The van der Waals surface area contributed by atoms with Crippen LogP contribution >= 0.6 is 0 Å². The van der Waals surface area contributed by atoms with Gasteiger partial charge in [-0.15, -0.1) is 0 Å². The maximum atomic E-state index is 14.0. The molecule has 0 aromatic heterocycles. The van der Waals surface area contributed by atoms with Crippen LogP contribution in [-0.4, -0.2) is 17.9 Å². The number of fused-ring (bicyclic) bond motifs is 1. The molecule has 0 aliphatic carbocycles. The van der Waals surface area contributed by atoms with Gasteiger partial charge in [0.1, 0.15) is 17.6 Å². The van der Waals surface area contributed by atoms with Gasteiger partial charge >= 0.3 is 0 Å². The molecule has 2 amide bonds. The summed E-state index contributed by atoms with van der Waals surface area (Å²) in [5.74, 6) is -2.79. The summed E-state index contributed by atoms with van der Waals surface area (Å²) in [6.45, 7) is 0. The van der Waals surface area contributed by atoms with Gasteiger partial charge in [0.15, 0.2) is 6.10 Å². The lowest BCUT2D eigenvalue weighted by atomic mass is 9.90. The first-order valence-corrected chi connectivity index (χ1v) is 9.44. The summed E-state index contributed by atoms with van der Waals surface area (Å²) in [4.78, 5) is 33.4. The van der Waals surface area contributed by atoms with E-state index in [1.165, 1.54) is 41.5 Å². The van der Waals surface area contributed by atoms with Crippen molar-refractivity contribution in [1.29, 1.82) is 0 Å². The van der Waals surface area contributed by atoms with Crippen LogP contribution in [0.3, 0.4) is 0 Å². The molecule has 7 heteroatoms. The monoisotopic (exact) mass is 406 g/mol. The number of imide groups is 1. The van der Waals surface area contributed by atoms with Crippen molar-refractivity contribution in [3.8, 4) is 0 Å². The zero-order valence-electron chi connectivity index (χ0n) is 15.6. The molecule has 30 heavy (non-hydrogen) atoms. The predicted octanol–water partition coefficient (Wildman–Crippen LogP) is 4.02. The summed E-state index contributed by atoms with van der Waals surface area (Å²) in [5.41, 5.74) is 1.44. The molecule has 2 aliphatic heterocycles. The summed E-state index contributed by atoms with van der Waals surface area (Å²) in [7, 11) is 0. The van der Waals surface area contributed by atoms with E-state index in [0.717, 1.165) is 4.90 Å². The van der Waals surface area contributed by atoms with Gasteiger partial charge in [0, 0.05) is 0 Å². The average Bonchev–Trinajstić information content (AvgIpc) is 3.26. The Morgan fingerprint density at radius 1 is 0.733 bits per heavy atom. The zero-order valence-corrected chi connectivity index (χ0v) is 15.6. The van der Waals surface area contributed by atoms with Crippen molar-refractivity contribution < 1.29 is 23.2 Å². The summed E-state index contributed by atoms with van der Waals surface area (Å²) >= 11 is 0. The number of benzene rings is 3. The second-order valence-corrected chi connectivity index (χ2v) is 7.20. The molecular formula is C23H16F2N2O3. The largest absolute Gasteiger partial charge is 0.273 e. The van der Waals surface area contributed by atoms with Crippen molar-refractivity contribution >= 4 is 23.2 Å². The van der Waals surface area contributed by atoms with E-state index in [9.17, 15) is 18.4 Å². The Balaban J connectivity index is 1.59. The van der Waals surface area contributed by atoms with Gasteiger partial charge in [-0.3, -0.25) is 14.4 Å². The van der Waals surface area contributed by atoms with Crippen LogP contribution in [0.25, 0.3) is 0 Å². The number of halogens is 2. The highest BCUT2D eigenvalue weighted by Crippen LogP contribution is 2.47. The summed E-state index contributed by atoms with van der Waals surface area (Å²) < 4.78 is 27.3. The molecule has 5 rings (SSSR count). The number of hydrogen-bond donors (Lipinski definition) is 0. The van der Waals surface area contributed by atoms with Gasteiger partial charge < -0.3 is 0 Å². The molecule has 3 atom stereocenters. The minimum Gasteiger partial charge on any atom is -0.273 e. The molecular weight excluding hydrogens is 390 g/mol. The first-order valence-electron chi connectivity index (χ1n) is 9.44. The van der Waals surface area contributed by atoms with Crippen LogP contribution in [0, 0.1) is 17.6 Å². The standard InChI is InChI=1S/C23H16F2N2O3/c24-15-9-11-17(12-10-15)26-22(28)19-20(14-5-4-6-16(25)13-14)27(30-21(19)23(26)29)18-7-2-1-3-8-18/h1-13,19-21H. The van der Waals surface area contributed by atoms with E-state index in [0.29, 0.717) is 11.3 Å². The molecule has 2 saturated heterocycles. The molecule has 3 unspecified atom stereocenters. The Morgan fingerprint density at radius 3 is 2.17 bits per heavy atom. The minimum atomic E-state index is -1.06. The maximum absolute atomic E-state index is 14.0. The topological polar surface area (TPSA) is 49.9 Å². The molecule has 3 aromatic rings. The van der Waals surface area contributed by atoms with Gasteiger partial charge in [0.05, 0.1) is 17.4 Å². The third-order valence-electron chi connectivity index (χ3n) is 5.40. The lowest BCUT2D eigenvalue weighted by molar-refractivity contribution is -0.126. The molecule has 150 valence electrons. The fraction of sp³-hybridized carbons (Fsp3) is 0.130. The third kappa shape index (κ3) is 2.86. The van der Waals surface area contributed by atoms with Gasteiger partial charge in [0.2, 0.25) is 5.91 Å². The number of hydrogen-bond acceptors (Lipinski definition) is 4. The van der Waals surface area contributed by atoms with Crippen molar-refractivity contribution in [2.75, 3.05) is 9.96 Å². The van der Waals surface area contributed by atoms with Crippen LogP contribution in [0.5, 0.6) is 0 Å². The van der Waals surface area contributed by atoms with Gasteiger partial charge in [-0.05, 0) is 54.1 Å². The normalized spacial score (nSPS) is 23.2. The highest BCUT2D eigenvalue weighted by molar-refractivity contribution is 6.23. The first kappa shape index (κ1) is 18.4. The fourth-order valence-electron chi connectivity index (χ4n) is 4.09. The van der Waals surface area contributed by atoms with E-state index < -0.39 is 41.5 Å². The molecule has 3 aromatic carbocycles. The number of rotatable bonds is 3. The number of para-hydroxylation sites is 1. The molecule has 0 N–H and O–H groups in total. The van der Waals surface area contributed by atoms with Crippen molar-refractivity contribution in [2.45, 2.75) is 12.1 Å². The zero-order chi connectivity index (χ0) is 20.8. The van der Waals surface area contributed by atoms with Crippen LogP contribution in [0.1, 0.15) is 11.6 Å². The number of carbonyl (C=O) groups excluding carboxylic acids is 2. The number of carbonyl (C=O) groups is 2. The smallest absolute Gasteiger partial charge is 0.266 e. The van der Waals surface area contributed by atoms with Crippen molar-refractivity contribution in [3.05, 3.63) is 96.1 Å². The van der Waals surface area contributed by atoms with Gasteiger partial charge in [0.25, 0.3) is 5.91 Å². The van der Waals surface area contributed by atoms with E-state index in [1.54, 1.807) is 24.3 Å². The summed E-state index contributed by atoms with van der Waals surface area (Å²) in [6, 6.07) is 19.4. The SMILES string of the molecule is O=C1C2ON(c3ccccc3)C(c3cccc(F)c3)C2C(=O)N1c1ccc(F)cc1. The molecule has 2 fully saturated rings. The number of nitrogens with zero attached hydrogens (tertiary/aromatic N) is 2. The van der Waals surface area contributed by atoms with Crippen LogP contribution in [0.15, 0.2) is 78.9 Å². The van der Waals surface area contributed by atoms with Gasteiger partial charge in [-0.1, -0.05) is 30.3 Å². The molecule has 0 spiro atoms. The van der Waals surface area contributed by atoms with Crippen molar-refractivity contribution in [3.63, 3.8) is 0 Å². The van der Waals surface area contributed by atoms with E-state index in [4.69, 9.17) is 4.84 Å².